The highest BCUT2D eigenvalue weighted by atomic mass is 19.3. The van der Waals surface area contributed by atoms with Gasteiger partial charge in [0.1, 0.15) is 0 Å². The van der Waals surface area contributed by atoms with Gasteiger partial charge in [0.2, 0.25) is 0 Å². The summed E-state index contributed by atoms with van der Waals surface area (Å²) >= 11 is 0. The van der Waals surface area contributed by atoms with Gasteiger partial charge in [-0.3, -0.25) is 14.5 Å². The molecule has 0 spiro atoms. The molecule has 1 saturated heterocycles. The number of hydrogen-bond donors (Lipinski definition) is 0. The number of benzene rings is 1. The third-order valence-electron chi connectivity index (χ3n) is 5.34. The fourth-order valence-corrected chi connectivity index (χ4v) is 3.68. The summed E-state index contributed by atoms with van der Waals surface area (Å²) in [7, 11) is 1.83. The van der Waals surface area contributed by atoms with Crippen LogP contribution in [0.4, 0.5) is 8.78 Å². The molecule has 5 rings (SSSR count). The maximum absolute atomic E-state index is 13.4. The van der Waals surface area contributed by atoms with E-state index in [1.54, 1.807) is 35.3 Å². The van der Waals surface area contributed by atoms with Crippen LogP contribution in [0.5, 0.6) is 0 Å². The summed E-state index contributed by atoms with van der Waals surface area (Å²) < 4.78 is 28.5. The fourth-order valence-electron chi connectivity index (χ4n) is 3.68. The maximum Gasteiger partial charge on any atom is 0.253 e. The van der Waals surface area contributed by atoms with Crippen molar-refractivity contribution in [3.05, 3.63) is 48.4 Å². The molecular weight excluding hydrogens is 390 g/mol. The first-order valence-corrected chi connectivity index (χ1v) is 9.62. The standard InChI is InChI=1S/C21H18F2N6O/c1-28-12-15-8-14(10-25-19(15)27-28)18-11-24-16-3-2-13(9-17(16)26-18)20(30)29-6-4-21(22,23)5-7-29/h2-3,8-12H,4-7H2,1H3. The Morgan fingerprint density at radius 1 is 1.07 bits per heavy atom. The van der Waals surface area contributed by atoms with E-state index in [1.165, 1.54) is 4.90 Å². The molecule has 0 unspecified atom stereocenters. The Hall–Kier alpha value is -3.49. The summed E-state index contributed by atoms with van der Waals surface area (Å²) in [6, 6.07) is 6.99. The summed E-state index contributed by atoms with van der Waals surface area (Å²) in [5, 5.41) is 5.15. The van der Waals surface area contributed by atoms with E-state index in [1.807, 2.05) is 19.3 Å². The van der Waals surface area contributed by atoms with Crippen LogP contribution in [-0.4, -0.2) is 54.6 Å². The highest BCUT2D eigenvalue weighted by Gasteiger charge is 2.35. The number of fused-ring (bicyclic) bond motifs is 2. The van der Waals surface area contributed by atoms with Crippen molar-refractivity contribution in [1.82, 2.24) is 29.6 Å². The van der Waals surface area contributed by atoms with Gasteiger partial charge in [-0.05, 0) is 24.3 Å². The highest BCUT2D eigenvalue weighted by molar-refractivity contribution is 5.97. The van der Waals surface area contributed by atoms with Crippen molar-refractivity contribution in [3.8, 4) is 11.3 Å². The Morgan fingerprint density at radius 2 is 1.87 bits per heavy atom. The molecule has 9 heteroatoms. The van der Waals surface area contributed by atoms with Crippen molar-refractivity contribution < 1.29 is 13.6 Å². The zero-order valence-corrected chi connectivity index (χ0v) is 16.2. The van der Waals surface area contributed by atoms with Crippen molar-refractivity contribution in [1.29, 1.82) is 0 Å². The van der Waals surface area contributed by atoms with E-state index in [-0.39, 0.29) is 31.8 Å². The molecule has 152 valence electrons. The van der Waals surface area contributed by atoms with Crippen molar-refractivity contribution in [2.45, 2.75) is 18.8 Å². The quantitative estimate of drug-likeness (QED) is 0.508. The molecule has 0 saturated carbocycles. The summed E-state index contributed by atoms with van der Waals surface area (Å²) in [6.07, 6.45) is 4.61. The minimum atomic E-state index is -2.69. The lowest BCUT2D eigenvalue weighted by atomic mass is 10.1. The molecule has 4 aromatic rings. The van der Waals surface area contributed by atoms with E-state index in [9.17, 15) is 13.6 Å². The van der Waals surface area contributed by atoms with Gasteiger partial charge in [0, 0.05) is 61.9 Å². The summed E-state index contributed by atoms with van der Waals surface area (Å²) in [5.74, 6) is -2.96. The van der Waals surface area contributed by atoms with Crippen molar-refractivity contribution >= 4 is 28.0 Å². The lowest BCUT2D eigenvalue weighted by Crippen LogP contribution is -2.42. The zero-order valence-electron chi connectivity index (χ0n) is 16.2. The second-order valence-electron chi connectivity index (χ2n) is 7.55. The molecule has 0 N–H and O–H groups in total. The smallest absolute Gasteiger partial charge is 0.253 e. The monoisotopic (exact) mass is 408 g/mol. The third kappa shape index (κ3) is 3.36. The molecule has 7 nitrogen and oxygen atoms in total. The number of hydrogen-bond acceptors (Lipinski definition) is 5. The topological polar surface area (TPSA) is 76.8 Å². The van der Waals surface area contributed by atoms with E-state index in [2.05, 4.69) is 20.1 Å². The van der Waals surface area contributed by atoms with E-state index in [0.717, 1.165) is 10.9 Å². The molecule has 1 aromatic carbocycles. The number of alkyl halides is 2. The van der Waals surface area contributed by atoms with E-state index < -0.39 is 5.92 Å². The number of aryl methyl sites for hydroxylation is 1. The molecule has 0 atom stereocenters. The second kappa shape index (κ2) is 6.79. The van der Waals surface area contributed by atoms with Crippen LogP contribution < -0.4 is 0 Å². The average Bonchev–Trinajstić information content (AvgIpc) is 3.11. The fraction of sp³-hybridized carbons (Fsp3) is 0.286. The number of nitrogens with zero attached hydrogens (tertiary/aromatic N) is 6. The average molecular weight is 408 g/mol. The van der Waals surface area contributed by atoms with Crippen LogP contribution in [-0.2, 0) is 7.05 Å². The number of amides is 1. The Labute approximate surface area is 170 Å². The summed E-state index contributed by atoms with van der Waals surface area (Å²) in [4.78, 5) is 27.7. The Morgan fingerprint density at radius 3 is 2.67 bits per heavy atom. The molecule has 3 aromatic heterocycles. The van der Waals surface area contributed by atoms with Gasteiger partial charge in [0.15, 0.2) is 5.65 Å². The molecule has 0 aliphatic carbocycles. The van der Waals surface area contributed by atoms with Crippen molar-refractivity contribution in [2.75, 3.05) is 13.1 Å². The first kappa shape index (κ1) is 18.5. The van der Waals surface area contributed by atoms with E-state index in [4.69, 9.17) is 0 Å². The molecule has 1 fully saturated rings. The van der Waals surface area contributed by atoms with Gasteiger partial charge in [0.25, 0.3) is 11.8 Å². The number of carbonyl (C=O) groups excluding carboxylic acids is 1. The van der Waals surface area contributed by atoms with Crippen LogP contribution in [0.15, 0.2) is 42.9 Å². The molecule has 1 aliphatic heterocycles. The summed E-state index contributed by atoms with van der Waals surface area (Å²) in [5.41, 5.74) is 3.70. The van der Waals surface area contributed by atoms with Crippen molar-refractivity contribution in [3.63, 3.8) is 0 Å². The van der Waals surface area contributed by atoms with Crippen LogP contribution in [0.1, 0.15) is 23.2 Å². The van der Waals surface area contributed by atoms with E-state index in [0.29, 0.717) is 27.9 Å². The predicted molar refractivity (Wildman–Crippen MR) is 107 cm³/mol. The normalized spacial score (nSPS) is 16.3. The van der Waals surface area contributed by atoms with Crippen LogP contribution in [0.25, 0.3) is 33.3 Å². The van der Waals surface area contributed by atoms with Crippen LogP contribution in [0.3, 0.4) is 0 Å². The lowest BCUT2D eigenvalue weighted by molar-refractivity contribution is -0.0494. The second-order valence-corrected chi connectivity index (χ2v) is 7.55. The lowest BCUT2D eigenvalue weighted by Gasteiger charge is -2.31. The zero-order chi connectivity index (χ0) is 20.9. The van der Waals surface area contributed by atoms with Gasteiger partial charge >= 0.3 is 0 Å². The first-order valence-electron chi connectivity index (χ1n) is 9.62. The molecular formula is C21H18F2N6O. The first-order chi connectivity index (χ1) is 14.4. The number of piperidine rings is 1. The largest absolute Gasteiger partial charge is 0.338 e. The number of carbonyl (C=O) groups is 1. The molecule has 4 heterocycles. The van der Waals surface area contributed by atoms with E-state index >= 15 is 0 Å². The molecule has 0 bridgehead atoms. The highest BCUT2D eigenvalue weighted by Crippen LogP contribution is 2.29. The maximum atomic E-state index is 13.4. The molecule has 0 radical (unpaired) electrons. The van der Waals surface area contributed by atoms with Crippen LogP contribution >= 0.6 is 0 Å². The SMILES string of the molecule is Cn1cc2cc(-c3cnc4ccc(C(=O)N5CCC(F)(F)CC5)cc4n3)cnc2n1. The summed E-state index contributed by atoms with van der Waals surface area (Å²) in [6.45, 7) is 0.0960. The van der Waals surface area contributed by atoms with Crippen molar-refractivity contribution in [2.24, 2.45) is 7.05 Å². The minimum absolute atomic E-state index is 0.0480. The molecule has 1 aliphatic rings. The third-order valence-corrected chi connectivity index (χ3v) is 5.34. The van der Waals surface area contributed by atoms with Gasteiger partial charge < -0.3 is 4.90 Å². The van der Waals surface area contributed by atoms with Gasteiger partial charge in [-0.25, -0.2) is 18.7 Å². The van der Waals surface area contributed by atoms with Gasteiger partial charge in [0.05, 0.1) is 22.9 Å². The number of pyridine rings is 1. The molecule has 1 amide bonds. The number of rotatable bonds is 2. The predicted octanol–water partition coefficient (Wildman–Crippen LogP) is 3.45. The minimum Gasteiger partial charge on any atom is -0.338 e. The number of aromatic nitrogens is 5. The van der Waals surface area contributed by atoms with Gasteiger partial charge in [-0.15, -0.1) is 0 Å². The number of halogens is 2. The van der Waals surface area contributed by atoms with Gasteiger partial charge in [-0.2, -0.15) is 5.10 Å². The van der Waals surface area contributed by atoms with Crippen LogP contribution in [0.2, 0.25) is 0 Å². The Bertz CT molecular complexity index is 1280. The van der Waals surface area contributed by atoms with Gasteiger partial charge in [-0.1, -0.05) is 0 Å². The molecule has 30 heavy (non-hydrogen) atoms. The number of likely N-dealkylation sites (tertiary alicyclic amines) is 1. The Balaban J connectivity index is 1.47. The van der Waals surface area contributed by atoms with Crippen LogP contribution in [0, 0.1) is 0 Å². The Kier molecular flexibility index (Phi) is 4.19.